The molecule has 25 heavy (non-hydrogen) atoms. The lowest BCUT2D eigenvalue weighted by molar-refractivity contribution is -0.121. The smallest absolute Gasteiger partial charge is 0.220 e. The second kappa shape index (κ2) is 8.67. The van der Waals surface area contributed by atoms with Crippen LogP contribution in [0, 0.1) is 12.8 Å². The molecule has 7 heteroatoms. The summed E-state index contributed by atoms with van der Waals surface area (Å²) in [4.78, 5) is 13.8. The van der Waals surface area contributed by atoms with Gasteiger partial charge in [0.2, 0.25) is 15.9 Å². The molecule has 0 aromatic heterocycles. The zero-order chi connectivity index (χ0) is 18.4. The van der Waals surface area contributed by atoms with E-state index in [1.54, 1.807) is 0 Å². The molecule has 0 unspecified atom stereocenters. The molecule has 1 N–H and O–H groups in total. The molecule has 1 aromatic carbocycles. The Balaban J connectivity index is 1.81. The van der Waals surface area contributed by atoms with E-state index in [-0.39, 0.29) is 24.1 Å². The van der Waals surface area contributed by atoms with Gasteiger partial charge in [0.25, 0.3) is 0 Å². The number of anilines is 1. The lowest BCUT2D eigenvalue weighted by atomic mass is 10.1. The maximum Gasteiger partial charge on any atom is 0.220 e. The van der Waals surface area contributed by atoms with Crippen molar-refractivity contribution in [3.8, 4) is 0 Å². The van der Waals surface area contributed by atoms with Gasteiger partial charge in [-0.3, -0.25) is 4.79 Å². The van der Waals surface area contributed by atoms with Crippen LogP contribution in [0.25, 0.3) is 0 Å². The molecule has 0 spiro atoms. The zero-order valence-electron chi connectivity index (χ0n) is 15.4. The molecule has 140 valence electrons. The molecule has 1 amide bonds. The van der Waals surface area contributed by atoms with Gasteiger partial charge in [-0.25, -0.2) is 8.42 Å². The summed E-state index contributed by atoms with van der Waals surface area (Å²) in [5, 5.41) is 2.69. The second-order valence-electron chi connectivity index (χ2n) is 6.99. The van der Waals surface area contributed by atoms with E-state index >= 15 is 0 Å². The van der Waals surface area contributed by atoms with Crippen molar-refractivity contribution in [2.24, 2.45) is 5.92 Å². The summed E-state index contributed by atoms with van der Waals surface area (Å²) in [7, 11) is -3.33. The average Bonchev–Trinajstić information content (AvgIpc) is 2.54. The number of hydrogen-bond donors (Lipinski definition) is 1. The highest BCUT2D eigenvalue weighted by molar-refractivity contribution is 7.89. The monoisotopic (exact) mass is 367 g/mol. The van der Waals surface area contributed by atoms with Crippen LogP contribution in [0.5, 0.6) is 0 Å². The zero-order valence-corrected chi connectivity index (χ0v) is 16.2. The average molecular weight is 368 g/mol. The maximum atomic E-state index is 12.4. The summed E-state index contributed by atoms with van der Waals surface area (Å²) >= 11 is 0. The Hall–Kier alpha value is -1.60. The van der Waals surface area contributed by atoms with Gasteiger partial charge in [-0.15, -0.1) is 0 Å². The molecule has 1 aliphatic heterocycles. The number of aryl methyl sites for hydroxylation is 1. The number of rotatable bonds is 7. The van der Waals surface area contributed by atoms with Gasteiger partial charge in [0.1, 0.15) is 0 Å². The van der Waals surface area contributed by atoms with Crippen LogP contribution in [-0.2, 0) is 14.8 Å². The summed E-state index contributed by atoms with van der Waals surface area (Å²) in [6.07, 6.45) is 0.426. The Morgan fingerprint density at radius 2 is 1.88 bits per heavy atom. The molecule has 1 heterocycles. The van der Waals surface area contributed by atoms with Crippen molar-refractivity contribution in [2.75, 3.05) is 43.4 Å². The first-order valence-corrected chi connectivity index (χ1v) is 10.4. The van der Waals surface area contributed by atoms with Crippen LogP contribution < -0.4 is 10.2 Å². The van der Waals surface area contributed by atoms with Gasteiger partial charge >= 0.3 is 0 Å². The van der Waals surface area contributed by atoms with Crippen LogP contribution in [0.3, 0.4) is 0 Å². The fourth-order valence-corrected chi connectivity index (χ4v) is 4.28. The second-order valence-corrected chi connectivity index (χ2v) is 9.08. The minimum Gasteiger partial charge on any atom is -0.369 e. The number of piperazine rings is 1. The molecule has 1 aromatic rings. The number of hydrogen-bond acceptors (Lipinski definition) is 4. The largest absolute Gasteiger partial charge is 0.369 e. The SMILES string of the molecule is Cc1cccc(N2CCN(S(=O)(=O)CCNC(=O)CC(C)C)CC2)c1. The normalized spacial score (nSPS) is 16.2. The van der Waals surface area contributed by atoms with E-state index in [4.69, 9.17) is 0 Å². The maximum absolute atomic E-state index is 12.4. The molecule has 0 bridgehead atoms. The quantitative estimate of drug-likeness (QED) is 0.795. The van der Waals surface area contributed by atoms with Crippen molar-refractivity contribution in [1.82, 2.24) is 9.62 Å². The van der Waals surface area contributed by atoms with E-state index in [9.17, 15) is 13.2 Å². The van der Waals surface area contributed by atoms with E-state index in [0.717, 1.165) is 5.69 Å². The lowest BCUT2D eigenvalue weighted by Gasteiger charge is -2.35. The van der Waals surface area contributed by atoms with Crippen LogP contribution in [0.4, 0.5) is 5.69 Å². The van der Waals surface area contributed by atoms with Crippen molar-refractivity contribution in [3.05, 3.63) is 29.8 Å². The Morgan fingerprint density at radius 3 is 2.48 bits per heavy atom. The summed E-state index contributed by atoms with van der Waals surface area (Å²) in [5.74, 6) is 0.141. The van der Waals surface area contributed by atoms with Crippen molar-refractivity contribution < 1.29 is 13.2 Å². The van der Waals surface area contributed by atoms with Crippen LogP contribution in [0.15, 0.2) is 24.3 Å². The van der Waals surface area contributed by atoms with Gasteiger partial charge in [0.05, 0.1) is 5.75 Å². The third-order valence-corrected chi connectivity index (χ3v) is 6.15. The van der Waals surface area contributed by atoms with Gasteiger partial charge in [0.15, 0.2) is 0 Å². The van der Waals surface area contributed by atoms with Gasteiger partial charge in [0, 0.05) is 44.8 Å². The van der Waals surface area contributed by atoms with E-state index in [0.29, 0.717) is 32.6 Å². The Morgan fingerprint density at radius 1 is 1.20 bits per heavy atom. The number of sulfonamides is 1. The predicted molar refractivity (Wildman–Crippen MR) is 101 cm³/mol. The summed E-state index contributed by atoms with van der Waals surface area (Å²) in [6, 6.07) is 8.25. The van der Waals surface area contributed by atoms with Gasteiger partial charge < -0.3 is 10.2 Å². The van der Waals surface area contributed by atoms with Crippen molar-refractivity contribution in [2.45, 2.75) is 27.2 Å². The third-order valence-electron chi connectivity index (χ3n) is 4.27. The molecule has 0 atom stereocenters. The van der Waals surface area contributed by atoms with Gasteiger partial charge in [-0.1, -0.05) is 26.0 Å². The number of benzene rings is 1. The lowest BCUT2D eigenvalue weighted by Crippen LogP contribution is -2.50. The summed E-state index contributed by atoms with van der Waals surface area (Å²) < 4.78 is 26.4. The molecule has 1 fully saturated rings. The third kappa shape index (κ3) is 6.01. The Labute approximate surface area is 151 Å². The molecule has 0 saturated carbocycles. The minimum absolute atomic E-state index is 0.0404. The summed E-state index contributed by atoms with van der Waals surface area (Å²) in [6.45, 7) is 8.48. The molecule has 2 rings (SSSR count). The molecule has 1 saturated heterocycles. The highest BCUT2D eigenvalue weighted by Crippen LogP contribution is 2.18. The van der Waals surface area contributed by atoms with Crippen molar-refractivity contribution >= 4 is 21.6 Å². The van der Waals surface area contributed by atoms with Gasteiger partial charge in [-0.2, -0.15) is 4.31 Å². The molecule has 1 aliphatic rings. The first kappa shape index (κ1) is 19.7. The molecule has 6 nitrogen and oxygen atoms in total. The first-order valence-electron chi connectivity index (χ1n) is 8.84. The topological polar surface area (TPSA) is 69.7 Å². The first-order chi connectivity index (χ1) is 11.8. The van der Waals surface area contributed by atoms with Crippen LogP contribution in [0.2, 0.25) is 0 Å². The van der Waals surface area contributed by atoms with Crippen molar-refractivity contribution in [1.29, 1.82) is 0 Å². The Bertz CT molecular complexity index is 681. The Kier molecular flexibility index (Phi) is 6.84. The standard InChI is InChI=1S/C18H29N3O3S/c1-15(2)13-18(22)19-7-12-25(23,24)21-10-8-20(9-11-21)17-6-4-5-16(3)14-17/h4-6,14-15H,7-13H2,1-3H3,(H,19,22). The van der Waals surface area contributed by atoms with Crippen molar-refractivity contribution in [3.63, 3.8) is 0 Å². The van der Waals surface area contributed by atoms with Crippen LogP contribution in [-0.4, -0.2) is 57.1 Å². The number of carbonyl (C=O) groups excluding carboxylic acids is 1. The van der Waals surface area contributed by atoms with E-state index < -0.39 is 10.0 Å². The van der Waals surface area contributed by atoms with E-state index in [1.807, 2.05) is 19.9 Å². The van der Waals surface area contributed by atoms with Gasteiger partial charge in [-0.05, 0) is 30.5 Å². The number of amides is 1. The predicted octanol–water partition coefficient (Wildman–Crippen LogP) is 1.61. The molecular formula is C18H29N3O3S. The van der Waals surface area contributed by atoms with Crippen LogP contribution in [0.1, 0.15) is 25.8 Å². The fourth-order valence-electron chi connectivity index (χ4n) is 2.94. The highest BCUT2D eigenvalue weighted by atomic mass is 32.2. The number of carbonyl (C=O) groups is 1. The van der Waals surface area contributed by atoms with E-state index in [1.165, 1.54) is 9.87 Å². The molecule has 0 radical (unpaired) electrons. The van der Waals surface area contributed by atoms with E-state index in [2.05, 4.69) is 35.3 Å². The minimum atomic E-state index is -3.33. The number of nitrogens with zero attached hydrogens (tertiary/aromatic N) is 2. The summed E-state index contributed by atoms with van der Waals surface area (Å²) in [5.41, 5.74) is 2.34. The highest BCUT2D eigenvalue weighted by Gasteiger charge is 2.26. The molecular weight excluding hydrogens is 338 g/mol. The fraction of sp³-hybridized carbons (Fsp3) is 0.611. The number of nitrogens with one attached hydrogen (secondary N) is 1. The molecule has 0 aliphatic carbocycles. The van der Waals surface area contributed by atoms with Crippen LogP contribution >= 0.6 is 0 Å².